The quantitative estimate of drug-likeness (QED) is 0.831. The molecule has 3 heteroatoms. The van der Waals surface area contributed by atoms with E-state index in [-0.39, 0.29) is 5.97 Å². The smallest absolute Gasteiger partial charge is 0.337 e. The zero-order chi connectivity index (χ0) is 13.0. The third-order valence-electron chi connectivity index (χ3n) is 3.69. The highest BCUT2D eigenvalue weighted by atomic mass is 16.5. The monoisotopic (exact) mass is 247 g/mol. The number of methoxy groups -OCH3 is 1. The van der Waals surface area contributed by atoms with E-state index in [1.807, 2.05) is 12.1 Å². The summed E-state index contributed by atoms with van der Waals surface area (Å²) in [5, 5.41) is 3.53. The third-order valence-corrected chi connectivity index (χ3v) is 3.69. The van der Waals surface area contributed by atoms with Crippen molar-refractivity contribution in [2.45, 2.75) is 38.6 Å². The highest BCUT2D eigenvalue weighted by Gasteiger charge is 2.17. The highest BCUT2D eigenvalue weighted by Crippen LogP contribution is 2.26. The minimum atomic E-state index is -0.284. The summed E-state index contributed by atoms with van der Waals surface area (Å²) in [6.45, 7) is 2.32. The molecule has 98 valence electrons. The van der Waals surface area contributed by atoms with Gasteiger partial charge in [-0.3, -0.25) is 0 Å². The normalized spacial score (nSPS) is 23.4. The van der Waals surface area contributed by atoms with E-state index >= 15 is 0 Å². The summed E-state index contributed by atoms with van der Waals surface area (Å²) in [5.74, 6) is 0.581. The van der Waals surface area contributed by atoms with Gasteiger partial charge >= 0.3 is 5.97 Å². The fourth-order valence-electron chi connectivity index (χ4n) is 2.46. The minimum absolute atomic E-state index is 0.284. The molecule has 1 fully saturated rings. The van der Waals surface area contributed by atoms with E-state index in [9.17, 15) is 4.79 Å². The van der Waals surface area contributed by atoms with Crippen LogP contribution in [0.15, 0.2) is 24.3 Å². The van der Waals surface area contributed by atoms with Crippen LogP contribution in [0.1, 0.15) is 43.0 Å². The first kappa shape index (κ1) is 12.9. The second-order valence-corrected chi connectivity index (χ2v) is 5.17. The van der Waals surface area contributed by atoms with Gasteiger partial charge in [-0.15, -0.1) is 0 Å². The van der Waals surface area contributed by atoms with Crippen LogP contribution >= 0.6 is 0 Å². The van der Waals surface area contributed by atoms with Crippen molar-refractivity contribution >= 4 is 11.7 Å². The Balaban J connectivity index is 1.92. The first-order valence-corrected chi connectivity index (χ1v) is 6.64. The van der Waals surface area contributed by atoms with Gasteiger partial charge in [-0.1, -0.05) is 6.92 Å². The maximum absolute atomic E-state index is 11.3. The lowest BCUT2D eigenvalue weighted by molar-refractivity contribution is 0.0601. The van der Waals surface area contributed by atoms with Gasteiger partial charge < -0.3 is 10.1 Å². The maximum atomic E-state index is 11.3. The molecule has 1 aliphatic rings. The molecule has 0 bridgehead atoms. The van der Waals surface area contributed by atoms with Gasteiger partial charge in [0.25, 0.3) is 0 Å². The van der Waals surface area contributed by atoms with Crippen molar-refractivity contribution in [1.29, 1.82) is 0 Å². The predicted molar refractivity (Wildman–Crippen MR) is 72.8 cm³/mol. The first-order chi connectivity index (χ1) is 8.69. The molecule has 0 aliphatic heterocycles. The Labute approximate surface area is 109 Å². The molecule has 1 aromatic carbocycles. The Morgan fingerprint density at radius 3 is 2.33 bits per heavy atom. The summed E-state index contributed by atoms with van der Waals surface area (Å²) in [6.07, 6.45) is 5.08. The van der Waals surface area contributed by atoms with Crippen molar-refractivity contribution in [3.8, 4) is 0 Å². The van der Waals surface area contributed by atoms with Crippen LogP contribution in [0.3, 0.4) is 0 Å². The van der Waals surface area contributed by atoms with Crippen molar-refractivity contribution in [3.63, 3.8) is 0 Å². The maximum Gasteiger partial charge on any atom is 0.337 e. The van der Waals surface area contributed by atoms with Crippen LogP contribution in [0.4, 0.5) is 5.69 Å². The second-order valence-electron chi connectivity index (χ2n) is 5.17. The van der Waals surface area contributed by atoms with Crippen LogP contribution in [0.25, 0.3) is 0 Å². The predicted octanol–water partition coefficient (Wildman–Crippen LogP) is 3.46. The molecule has 0 amide bonds. The molecule has 1 aliphatic carbocycles. The van der Waals surface area contributed by atoms with Gasteiger partial charge in [-0.05, 0) is 55.9 Å². The molecule has 0 spiro atoms. The summed E-state index contributed by atoms with van der Waals surface area (Å²) < 4.78 is 4.68. The van der Waals surface area contributed by atoms with E-state index in [0.717, 1.165) is 11.6 Å². The molecule has 2 rings (SSSR count). The van der Waals surface area contributed by atoms with E-state index < -0.39 is 0 Å². The van der Waals surface area contributed by atoms with Crippen LogP contribution in [0.5, 0.6) is 0 Å². The zero-order valence-corrected chi connectivity index (χ0v) is 11.1. The number of carbonyl (C=O) groups excluding carboxylic acids is 1. The van der Waals surface area contributed by atoms with Crippen molar-refractivity contribution in [3.05, 3.63) is 29.8 Å². The Morgan fingerprint density at radius 2 is 1.78 bits per heavy atom. The Kier molecular flexibility index (Phi) is 4.24. The summed E-state index contributed by atoms with van der Waals surface area (Å²) in [7, 11) is 1.40. The van der Waals surface area contributed by atoms with Gasteiger partial charge in [0.15, 0.2) is 0 Å². The largest absolute Gasteiger partial charge is 0.465 e. The number of anilines is 1. The van der Waals surface area contributed by atoms with Gasteiger partial charge in [-0.25, -0.2) is 4.79 Å². The van der Waals surface area contributed by atoms with Crippen LogP contribution < -0.4 is 5.32 Å². The number of hydrogen-bond acceptors (Lipinski definition) is 3. The topological polar surface area (TPSA) is 38.3 Å². The van der Waals surface area contributed by atoms with E-state index in [0.29, 0.717) is 11.6 Å². The molecule has 1 saturated carbocycles. The first-order valence-electron chi connectivity index (χ1n) is 6.64. The minimum Gasteiger partial charge on any atom is -0.465 e. The average molecular weight is 247 g/mol. The fourth-order valence-corrected chi connectivity index (χ4v) is 2.46. The Bertz CT molecular complexity index is 391. The Morgan fingerprint density at radius 1 is 1.17 bits per heavy atom. The molecule has 18 heavy (non-hydrogen) atoms. The molecule has 0 unspecified atom stereocenters. The van der Waals surface area contributed by atoms with E-state index in [1.54, 1.807) is 12.1 Å². The van der Waals surface area contributed by atoms with Crippen LogP contribution in [0.2, 0.25) is 0 Å². The molecule has 1 N–H and O–H groups in total. The second kappa shape index (κ2) is 5.89. The lowest BCUT2D eigenvalue weighted by atomic mass is 9.87. The number of benzene rings is 1. The van der Waals surface area contributed by atoms with E-state index in [4.69, 9.17) is 0 Å². The molecule has 1 aromatic rings. The molecule has 0 radical (unpaired) electrons. The molecular formula is C15H21NO2. The van der Waals surface area contributed by atoms with Crippen LogP contribution in [-0.4, -0.2) is 19.1 Å². The molecule has 0 atom stereocenters. The molecular weight excluding hydrogens is 226 g/mol. The summed E-state index contributed by atoms with van der Waals surface area (Å²) in [5.41, 5.74) is 1.68. The molecule has 0 saturated heterocycles. The standard InChI is InChI=1S/C15H21NO2/c1-11-3-7-13(8-4-11)16-14-9-5-12(6-10-14)15(17)18-2/h5-6,9-11,13,16H,3-4,7-8H2,1-2H3. The van der Waals surface area contributed by atoms with Crippen molar-refractivity contribution in [1.82, 2.24) is 0 Å². The fraction of sp³-hybridized carbons (Fsp3) is 0.533. The van der Waals surface area contributed by atoms with Crippen molar-refractivity contribution < 1.29 is 9.53 Å². The number of esters is 1. The van der Waals surface area contributed by atoms with Crippen LogP contribution in [0, 0.1) is 5.92 Å². The number of rotatable bonds is 3. The molecule has 3 nitrogen and oxygen atoms in total. The number of hydrogen-bond donors (Lipinski definition) is 1. The highest BCUT2D eigenvalue weighted by molar-refractivity contribution is 5.89. The van der Waals surface area contributed by atoms with Gasteiger partial charge in [0, 0.05) is 11.7 Å². The SMILES string of the molecule is COC(=O)c1ccc(NC2CCC(C)CC2)cc1. The average Bonchev–Trinajstić information content (AvgIpc) is 2.41. The molecule has 0 aromatic heterocycles. The lowest BCUT2D eigenvalue weighted by Gasteiger charge is -2.27. The summed E-state index contributed by atoms with van der Waals surface area (Å²) >= 11 is 0. The number of ether oxygens (including phenoxy) is 1. The van der Waals surface area contributed by atoms with E-state index in [2.05, 4.69) is 17.0 Å². The van der Waals surface area contributed by atoms with Crippen LogP contribution in [-0.2, 0) is 4.74 Å². The van der Waals surface area contributed by atoms with Crippen molar-refractivity contribution in [2.75, 3.05) is 12.4 Å². The number of carbonyl (C=O) groups is 1. The van der Waals surface area contributed by atoms with Crippen molar-refractivity contribution in [2.24, 2.45) is 5.92 Å². The van der Waals surface area contributed by atoms with Gasteiger partial charge in [0.2, 0.25) is 0 Å². The molecule has 0 heterocycles. The van der Waals surface area contributed by atoms with Gasteiger partial charge in [-0.2, -0.15) is 0 Å². The third kappa shape index (κ3) is 3.25. The summed E-state index contributed by atoms with van der Waals surface area (Å²) in [4.78, 5) is 11.3. The summed E-state index contributed by atoms with van der Waals surface area (Å²) in [6, 6.07) is 8.08. The van der Waals surface area contributed by atoms with Gasteiger partial charge in [0.1, 0.15) is 0 Å². The van der Waals surface area contributed by atoms with E-state index in [1.165, 1.54) is 32.8 Å². The lowest BCUT2D eigenvalue weighted by Crippen LogP contribution is -2.25. The van der Waals surface area contributed by atoms with Gasteiger partial charge in [0.05, 0.1) is 12.7 Å². The Hall–Kier alpha value is -1.51. The zero-order valence-electron chi connectivity index (χ0n) is 11.1. The number of nitrogens with one attached hydrogen (secondary N) is 1.